The van der Waals surface area contributed by atoms with E-state index in [1.54, 1.807) is 34.5 Å². The van der Waals surface area contributed by atoms with Gasteiger partial charge in [0.1, 0.15) is 18.4 Å². The molecule has 2 saturated heterocycles. The second-order valence-electron chi connectivity index (χ2n) is 13.2. The zero-order valence-corrected chi connectivity index (χ0v) is 26.7. The monoisotopic (exact) mass is 637 g/mol. The fourth-order valence-corrected chi connectivity index (χ4v) is 7.71. The number of anilines is 2. The van der Waals surface area contributed by atoms with Crippen LogP contribution in [-0.4, -0.2) is 62.1 Å². The molecule has 0 bridgehead atoms. The molecule has 2 N–H and O–H groups in total. The zero-order valence-electron chi connectivity index (χ0n) is 26.7. The van der Waals surface area contributed by atoms with Gasteiger partial charge < -0.3 is 24.6 Å². The lowest BCUT2D eigenvalue weighted by atomic mass is 9.71. The number of amides is 2. The maximum absolute atomic E-state index is 14.7. The van der Waals surface area contributed by atoms with Gasteiger partial charge in [-0.15, -0.1) is 5.10 Å². The molecule has 2 fully saturated rings. The Hall–Kier alpha value is -4.58. The van der Waals surface area contributed by atoms with E-state index >= 15 is 0 Å². The van der Waals surface area contributed by atoms with Gasteiger partial charge in [-0.2, -0.15) is 0 Å². The van der Waals surface area contributed by atoms with E-state index in [0.29, 0.717) is 31.8 Å². The van der Waals surface area contributed by atoms with Crippen LogP contribution in [0.1, 0.15) is 55.7 Å². The first-order valence-electron chi connectivity index (χ1n) is 16.1. The molecule has 4 heterocycles. The number of rotatable bonds is 9. The molecule has 0 radical (unpaired) electrons. The van der Waals surface area contributed by atoms with Gasteiger partial charge >= 0.3 is 6.09 Å². The van der Waals surface area contributed by atoms with Crippen molar-refractivity contribution in [2.24, 2.45) is 11.8 Å². The number of aliphatic hydroxyl groups excluding tert-OH is 1. The zero-order chi connectivity index (χ0) is 32.9. The van der Waals surface area contributed by atoms with Gasteiger partial charge in [-0.1, -0.05) is 72.8 Å². The maximum Gasteiger partial charge on any atom is 0.414 e. The summed E-state index contributed by atoms with van der Waals surface area (Å²) in [7, 11) is 0. The minimum atomic E-state index is -1.29. The van der Waals surface area contributed by atoms with Crippen molar-refractivity contribution in [2.45, 2.75) is 63.7 Å². The van der Waals surface area contributed by atoms with Crippen LogP contribution in [-0.2, 0) is 33.0 Å². The van der Waals surface area contributed by atoms with Crippen LogP contribution >= 0.6 is 0 Å². The number of aromatic nitrogens is 3. The Labute approximate surface area is 273 Å². The summed E-state index contributed by atoms with van der Waals surface area (Å²) in [6.07, 6.45) is 0.435. The molecule has 47 heavy (non-hydrogen) atoms. The number of carbonyl (C=O) groups is 2. The molecule has 3 aliphatic rings. The molecule has 5 atom stereocenters. The predicted octanol–water partition coefficient (Wildman–Crippen LogP) is 4.57. The molecule has 4 aromatic rings. The van der Waals surface area contributed by atoms with E-state index < -0.39 is 23.4 Å². The van der Waals surface area contributed by atoms with Crippen LogP contribution in [0, 0.1) is 11.8 Å². The first-order valence-corrected chi connectivity index (χ1v) is 16.1. The summed E-state index contributed by atoms with van der Waals surface area (Å²) in [5, 5.41) is 30.7. The van der Waals surface area contributed by atoms with Crippen molar-refractivity contribution in [3.63, 3.8) is 0 Å². The number of cyclic esters (lactones) is 1. The molecule has 2 amide bonds. The summed E-state index contributed by atoms with van der Waals surface area (Å²) >= 11 is 0. The highest BCUT2D eigenvalue weighted by Crippen LogP contribution is 2.58. The average Bonchev–Trinajstić information content (AvgIpc) is 3.83. The molecule has 244 valence electrons. The fourth-order valence-electron chi connectivity index (χ4n) is 7.71. The molecule has 0 aliphatic carbocycles. The van der Waals surface area contributed by atoms with E-state index in [1.807, 2.05) is 85.8 Å². The summed E-state index contributed by atoms with van der Waals surface area (Å²) in [6, 6.07) is 24.6. The Morgan fingerprint density at radius 3 is 2.55 bits per heavy atom. The lowest BCUT2D eigenvalue weighted by Gasteiger charge is -2.34. The molecule has 7 rings (SSSR count). The second-order valence-corrected chi connectivity index (χ2v) is 13.2. The Morgan fingerprint density at radius 1 is 1.04 bits per heavy atom. The number of carbonyl (C=O) groups excluding carboxylic acids is 2. The van der Waals surface area contributed by atoms with Crippen LogP contribution in [0.4, 0.5) is 16.2 Å². The van der Waals surface area contributed by atoms with Crippen molar-refractivity contribution >= 4 is 23.4 Å². The molecular formula is C36H39N5O6. The summed E-state index contributed by atoms with van der Waals surface area (Å²) in [4.78, 5) is 30.2. The Kier molecular flexibility index (Phi) is 7.86. The lowest BCUT2D eigenvalue weighted by Crippen LogP contribution is -2.46. The molecular weight excluding hydrogens is 598 g/mol. The highest BCUT2D eigenvalue weighted by molar-refractivity contribution is 6.07. The van der Waals surface area contributed by atoms with Gasteiger partial charge in [0.05, 0.1) is 36.7 Å². The van der Waals surface area contributed by atoms with Crippen molar-refractivity contribution in [1.82, 2.24) is 15.0 Å². The molecule has 3 aliphatic heterocycles. The number of hydrogen-bond donors (Lipinski definition) is 2. The standard InChI is InChI=1S/C36H39N5O6/c1-23-31(35(2,3)45)30(16-17-39-22-28(37-38-39)32(42)25-11-5-4-6-12-25)47-36(23)27-14-7-8-15-29(27)41(33(36)43)21-24-10-9-13-26(20-24)40-18-19-46-34(40)44/h4-15,20,22-23,30-32,42,45H,16-19,21H2,1-3H3/t23-,30+,31-,32+,36+/m0/s1. The Bertz CT molecular complexity index is 1790. The largest absolute Gasteiger partial charge is 0.447 e. The Balaban J connectivity index is 1.15. The Morgan fingerprint density at radius 2 is 1.81 bits per heavy atom. The molecule has 0 saturated carbocycles. The van der Waals surface area contributed by atoms with Gasteiger partial charge in [-0.25, -0.2) is 4.79 Å². The average molecular weight is 638 g/mol. The number of para-hydroxylation sites is 1. The molecule has 3 aromatic carbocycles. The van der Waals surface area contributed by atoms with Crippen LogP contribution in [0.5, 0.6) is 0 Å². The van der Waals surface area contributed by atoms with E-state index in [2.05, 4.69) is 10.3 Å². The number of aryl methyl sites for hydroxylation is 1. The summed E-state index contributed by atoms with van der Waals surface area (Å²) < 4.78 is 13.7. The van der Waals surface area contributed by atoms with Crippen molar-refractivity contribution in [3.05, 3.63) is 107 Å². The normalized spacial score (nSPS) is 24.7. The lowest BCUT2D eigenvalue weighted by molar-refractivity contribution is -0.146. The number of nitrogens with zero attached hydrogens (tertiary/aromatic N) is 5. The fraction of sp³-hybridized carbons (Fsp3) is 0.389. The van der Waals surface area contributed by atoms with E-state index in [-0.39, 0.29) is 30.4 Å². The number of hydrogen-bond acceptors (Lipinski definition) is 8. The van der Waals surface area contributed by atoms with Crippen molar-refractivity contribution in [1.29, 1.82) is 0 Å². The highest BCUT2D eigenvalue weighted by atomic mass is 16.6. The minimum absolute atomic E-state index is 0.178. The van der Waals surface area contributed by atoms with Gasteiger partial charge in [0.25, 0.3) is 5.91 Å². The highest BCUT2D eigenvalue weighted by Gasteiger charge is 2.65. The smallest absolute Gasteiger partial charge is 0.414 e. The van der Waals surface area contributed by atoms with Gasteiger partial charge in [-0.3, -0.25) is 14.4 Å². The molecule has 1 spiro atoms. The van der Waals surface area contributed by atoms with E-state index in [1.165, 1.54) is 0 Å². The first-order chi connectivity index (χ1) is 22.6. The van der Waals surface area contributed by atoms with Crippen LogP contribution in [0.3, 0.4) is 0 Å². The van der Waals surface area contributed by atoms with Gasteiger partial charge in [-0.05, 0) is 49.6 Å². The van der Waals surface area contributed by atoms with Crippen molar-refractivity contribution < 1.29 is 29.3 Å². The summed E-state index contributed by atoms with van der Waals surface area (Å²) in [6.45, 7) is 7.05. The number of aliphatic hydroxyl groups is 2. The van der Waals surface area contributed by atoms with Crippen LogP contribution in [0.2, 0.25) is 0 Å². The third-order valence-electron chi connectivity index (χ3n) is 9.81. The second kappa shape index (κ2) is 11.9. The van der Waals surface area contributed by atoms with E-state index in [0.717, 1.165) is 28.1 Å². The first kappa shape index (κ1) is 31.0. The van der Waals surface area contributed by atoms with Crippen LogP contribution < -0.4 is 9.80 Å². The number of ether oxygens (including phenoxy) is 2. The third-order valence-corrected chi connectivity index (χ3v) is 9.81. The van der Waals surface area contributed by atoms with Crippen molar-refractivity contribution in [2.75, 3.05) is 23.0 Å². The van der Waals surface area contributed by atoms with E-state index in [9.17, 15) is 19.8 Å². The minimum Gasteiger partial charge on any atom is -0.447 e. The number of fused-ring (bicyclic) bond motifs is 2. The topological polar surface area (TPSA) is 130 Å². The number of benzene rings is 3. The van der Waals surface area contributed by atoms with Gasteiger partial charge in [0.15, 0.2) is 5.60 Å². The van der Waals surface area contributed by atoms with Crippen LogP contribution in [0.25, 0.3) is 0 Å². The molecule has 11 nitrogen and oxygen atoms in total. The quantitative estimate of drug-likeness (QED) is 0.273. The molecule has 0 unspecified atom stereocenters. The predicted molar refractivity (Wildman–Crippen MR) is 173 cm³/mol. The molecule has 1 aromatic heterocycles. The van der Waals surface area contributed by atoms with Gasteiger partial charge in [0, 0.05) is 29.6 Å². The summed E-state index contributed by atoms with van der Waals surface area (Å²) in [5.41, 5.74) is 1.86. The van der Waals surface area contributed by atoms with E-state index in [4.69, 9.17) is 9.47 Å². The van der Waals surface area contributed by atoms with Crippen LogP contribution in [0.15, 0.2) is 85.1 Å². The van der Waals surface area contributed by atoms with Crippen molar-refractivity contribution in [3.8, 4) is 0 Å². The maximum atomic E-state index is 14.7. The summed E-state index contributed by atoms with van der Waals surface area (Å²) in [5.74, 6) is -0.909. The third kappa shape index (κ3) is 5.38. The van der Waals surface area contributed by atoms with Gasteiger partial charge in [0.2, 0.25) is 0 Å². The molecule has 11 heteroatoms. The SMILES string of the molecule is C[C@H]1[C@H](C(C)(C)O)[C@@H](CCn2cc([C@H](O)c3ccccc3)nn2)O[C@]12C(=O)N(Cc1cccc(N3CCOC3=O)c1)c1ccccc12.